The van der Waals surface area contributed by atoms with Crippen molar-refractivity contribution in [2.45, 2.75) is 0 Å². The Hall–Kier alpha value is -3.67. The van der Waals surface area contributed by atoms with E-state index in [9.17, 15) is 4.79 Å². The zero-order valence-corrected chi connectivity index (χ0v) is 14.0. The molecule has 0 atom stereocenters. The molecular formula is C20H15N5O. The second kappa shape index (κ2) is 5.42. The summed E-state index contributed by atoms with van der Waals surface area (Å²) in [6.07, 6.45) is 3.62. The molecule has 2 N–H and O–H groups in total. The van der Waals surface area contributed by atoms with Crippen molar-refractivity contribution >= 4 is 21.8 Å². The molecule has 0 fully saturated rings. The van der Waals surface area contributed by atoms with Crippen molar-refractivity contribution in [1.82, 2.24) is 24.7 Å². The Kier molecular flexibility index (Phi) is 3.05. The molecule has 0 amide bonds. The smallest absolute Gasteiger partial charge is 0.259 e. The number of aryl methyl sites for hydroxylation is 1. The Bertz CT molecular complexity index is 1330. The van der Waals surface area contributed by atoms with Crippen molar-refractivity contribution in [2.75, 3.05) is 0 Å². The quantitative estimate of drug-likeness (QED) is 0.516. The summed E-state index contributed by atoms with van der Waals surface area (Å²) in [5.41, 5.74) is 4.32. The standard InChI is InChI=1S/C20H15N5O/c1-25-18(8-10-22-25)12-5-6-17-15(11-12)20(26)24-19(23-17)14-3-2-4-16-13(14)7-9-21-16/h2-11,21H,1H3,(H,23,24,26). The van der Waals surface area contributed by atoms with Gasteiger partial charge in [-0.25, -0.2) is 4.98 Å². The molecule has 6 heteroatoms. The van der Waals surface area contributed by atoms with Crippen LogP contribution in [-0.2, 0) is 7.05 Å². The van der Waals surface area contributed by atoms with E-state index in [1.54, 1.807) is 10.9 Å². The number of nitrogens with one attached hydrogen (secondary N) is 2. The number of aromatic nitrogens is 5. The summed E-state index contributed by atoms with van der Waals surface area (Å²) in [6.45, 7) is 0. The molecule has 2 aromatic carbocycles. The van der Waals surface area contributed by atoms with E-state index in [-0.39, 0.29) is 5.56 Å². The summed E-state index contributed by atoms with van der Waals surface area (Å²) in [7, 11) is 1.88. The zero-order valence-electron chi connectivity index (χ0n) is 14.0. The van der Waals surface area contributed by atoms with Crippen LogP contribution in [0.5, 0.6) is 0 Å². The SMILES string of the molecule is Cn1nccc1-c1ccc2nc(-c3cccc4[nH]ccc34)[nH]c(=O)c2c1. The maximum absolute atomic E-state index is 12.7. The molecule has 126 valence electrons. The van der Waals surface area contributed by atoms with Crippen LogP contribution < -0.4 is 5.56 Å². The van der Waals surface area contributed by atoms with Gasteiger partial charge in [-0.3, -0.25) is 9.48 Å². The lowest BCUT2D eigenvalue weighted by Crippen LogP contribution is -2.10. The lowest BCUT2D eigenvalue weighted by molar-refractivity contribution is 0.776. The fourth-order valence-corrected chi connectivity index (χ4v) is 3.37. The molecule has 0 spiro atoms. The van der Waals surface area contributed by atoms with Crippen LogP contribution in [0.3, 0.4) is 0 Å². The molecule has 0 unspecified atom stereocenters. The minimum Gasteiger partial charge on any atom is -0.361 e. The highest BCUT2D eigenvalue weighted by molar-refractivity contribution is 5.94. The van der Waals surface area contributed by atoms with Crippen molar-refractivity contribution in [3.05, 3.63) is 71.3 Å². The lowest BCUT2D eigenvalue weighted by atomic mass is 10.1. The minimum absolute atomic E-state index is 0.151. The maximum atomic E-state index is 12.7. The monoisotopic (exact) mass is 341 g/mol. The van der Waals surface area contributed by atoms with Crippen LogP contribution in [-0.4, -0.2) is 24.7 Å². The third kappa shape index (κ3) is 2.16. The van der Waals surface area contributed by atoms with Gasteiger partial charge in [0.2, 0.25) is 0 Å². The molecule has 26 heavy (non-hydrogen) atoms. The van der Waals surface area contributed by atoms with Crippen molar-refractivity contribution in [2.24, 2.45) is 7.05 Å². The summed E-state index contributed by atoms with van der Waals surface area (Å²) in [5.74, 6) is 0.570. The van der Waals surface area contributed by atoms with Gasteiger partial charge in [0.05, 0.1) is 16.6 Å². The first-order valence-electron chi connectivity index (χ1n) is 8.30. The minimum atomic E-state index is -0.151. The molecule has 0 saturated carbocycles. The molecule has 0 aliphatic heterocycles. The number of nitrogens with zero attached hydrogens (tertiary/aromatic N) is 3. The third-order valence-corrected chi connectivity index (χ3v) is 4.67. The highest BCUT2D eigenvalue weighted by Crippen LogP contribution is 2.27. The van der Waals surface area contributed by atoms with Crippen LogP contribution in [0.2, 0.25) is 0 Å². The van der Waals surface area contributed by atoms with Crippen molar-refractivity contribution in [3.8, 4) is 22.6 Å². The zero-order chi connectivity index (χ0) is 17.7. The number of fused-ring (bicyclic) bond motifs is 2. The van der Waals surface area contributed by atoms with Gasteiger partial charge in [0.25, 0.3) is 5.56 Å². The van der Waals surface area contributed by atoms with Crippen LogP contribution in [0, 0.1) is 0 Å². The third-order valence-electron chi connectivity index (χ3n) is 4.67. The summed E-state index contributed by atoms with van der Waals surface area (Å²) in [6, 6.07) is 15.5. The number of benzene rings is 2. The summed E-state index contributed by atoms with van der Waals surface area (Å²) >= 11 is 0. The summed E-state index contributed by atoms with van der Waals surface area (Å²) in [4.78, 5) is 23.5. The van der Waals surface area contributed by atoms with Gasteiger partial charge < -0.3 is 9.97 Å². The van der Waals surface area contributed by atoms with Gasteiger partial charge in [-0.15, -0.1) is 0 Å². The first-order valence-corrected chi connectivity index (χ1v) is 8.30. The molecule has 0 saturated heterocycles. The van der Waals surface area contributed by atoms with Gasteiger partial charge >= 0.3 is 0 Å². The van der Waals surface area contributed by atoms with Gasteiger partial charge in [-0.1, -0.05) is 18.2 Å². The van der Waals surface area contributed by atoms with Gasteiger partial charge in [0, 0.05) is 41.5 Å². The number of aromatic amines is 2. The highest BCUT2D eigenvalue weighted by atomic mass is 16.1. The van der Waals surface area contributed by atoms with Gasteiger partial charge in [-0.2, -0.15) is 5.10 Å². The molecule has 6 nitrogen and oxygen atoms in total. The van der Waals surface area contributed by atoms with E-state index in [0.717, 1.165) is 27.7 Å². The van der Waals surface area contributed by atoms with Gasteiger partial charge in [-0.05, 0) is 30.3 Å². The average Bonchev–Trinajstić information content (AvgIpc) is 3.30. The fraction of sp³-hybridized carbons (Fsp3) is 0.0500. The van der Waals surface area contributed by atoms with Crippen LogP contribution in [0.4, 0.5) is 0 Å². The topological polar surface area (TPSA) is 79.4 Å². The molecule has 3 aromatic heterocycles. The van der Waals surface area contributed by atoms with E-state index in [1.165, 1.54) is 0 Å². The average molecular weight is 341 g/mol. The molecule has 0 bridgehead atoms. The normalized spacial score (nSPS) is 11.4. The molecule has 5 aromatic rings. The van der Waals surface area contributed by atoms with Crippen LogP contribution in [0.15, 0.2) is 65.7 Å². The molecule has 3 heterocycles. The van der Waals surface area contributed by atoms with E-state index in [2.05, 4.69) is 20.1 Å². The largest absolute Gasteiger partial charge is 0.361 e. The van der Waals surface area contributed by atoms with Crippen molar-refractivity contribution in [3.63, 3.8) is 0 Å². The molecule has 0 aliphatic carbocycles. The summed E-state index contributed by atoms with van der Waals surface area (Å²) < 4.78 is 1.78. The highest BCUT2D eigenvalue weighted by Gasteiger charge is 2.11. The van der Waals surface area contributed by atoms with E-state index in [0.29, 0.717) is 16.7 Å². The van der Waals surface area contributed by atoms with Crippen LogP contribution in [0.1, 0.15) is 0 Å². The number of H-pyrrole nitrogens is 2. The first kappa shape index (κ1) is 14.7. The molecule has 5 rings (SSSR count). The second-order valence-corrected chi connectivity index (χ2v) is 6.23. The Balaban J connectivity index is 1.72. The maximum Gasteiger partial charge on any atom is 0.259 e. The summed E-state index contributed by atoms with van der Waals surface area (Å²) in [5, 5.41) is 5.78. The molecular weight excluding hydrogens is 326 g/mol. The van der Waals surface area contributed by atoms with E-state index in [4.69, 9.17) is 0 Å². The molecule has 0 aliphatic rings. The number of hydrogen-bond acceptors (Lipinski definition) is 3. The van der Waals surface area contributed by atoms with Gasteiger partial charge in [0.1, 0.15) is 5.82 Å². The van der Waals surface area contributed by atoms with Gasteiger partial charge in [0.15, 0.2) is 0 Å². The Morgan fingerprint density at radius 1 is 1.04 bits per heavy atom. The van der Waals surface area contributed by atoms with Crippen LogP contribution in [0.25, 0.3) is 44.5 Å². The first-order chi connectivity index (χ1) is 12.7. The van der Waals surface area contributed by atoms with Crippen molar-refractivity contribution in [1.29, 1.82) is 0 Å². The van der Waals surface area contributed by atoms with E-state index >= 15 is 0 Å². The predicted molar refractivity (Wildman–Crippen MR) is 102 cm³/mol. The van der Waals surface area contributed by atoms with E-state index in [1.807, 2.05) is 61.8 Å². The second-order valence-electron chi connectivity index (χ2n) is 6.23. The Morgan fingerprint density at radius 2 is 1.96 bits per heavy atom. The predicted octanol–water partition coefficient (Wildman–Crippen LogP) is 3.47. The lowest BCUT2D eigenvalue weighted by Gasteiger charge is -2.07. The number of rotatable bonds is 2. The Labute approximate surface area is 148 Å². The van der Waals surface area contributed by atoms with Crippen molar-refractivity contribution < 1.29 is 0 Å². The molecule has 0 radical (unpaired) electrons. The fourth-order valence-electron chi connectivity index (χ4n) is 3.37. The number of hydrogen-bond donors (Lipinski definition) is 2. The van der Waals surface area contributed by atoms with Crippen LogP contribution >= 0.6 is 0 Å². The Morgan fingerprint density at radius 3 is 2.81 bits per heavy atom. The van der Waals surface area contributed by atoms with E-state index < -0.39 is 0 Å².